The molecule has 2 aromatic carbocycles. The molecule has 0 saturated heterocycles. The van der Waals surface area contributed by atoms with Gasteiger partial charge in [-0.15, -0.1) is 0 Å². The molecular weight excluding hydrogens is 398 g/mol. The van der Waals surface area contributed by atoms with Gasteiger partial charge in [0.15, 0.2) is 0 Å². The van der Waals surface area contributed by atoms with Crippen molar-refractivity contribution in [2.24, 2.45) is 5.41 Å². The summed E-state index contributed by atoms with van der Waals surface area (Å²) in [6, 6.07) is 17.3. The average Bonchev–Trinajstić information content (AvgIpc) is 2.64. The quantitative estimate of drug-likeness (QED) is 0.307. The highest BCUT2D eigenvalue weighted by Gasteiger charge is 2.27. The normalized spacial score (nSPS) is 12.4. The molecule has 0 aliphatic heterocycles. The van der Waals surface area contributed by atoms with Crippen molar-refractivity contribution in [1.82, 2.24) is 0 Å². The highest BCUT2D eigenvalue weighted by atomic mass is 16.5. The zero-order chi connectivity index (χ0) is 23.1. The van der Waals surface area contributed by atoms with E-state index in [1.807, 2.05) is 0 Å². The second-order valence-corrected chi connectivity index (χ2v) is 11.4. The van der Waals surface area contributed by atoms with E-state index in [9.17, 15) is 0 Å². The average molecular weight is 444 g/mol. The first-order chi connectivity index (χ1) is 14.4. The van der Waals surface area contributed by atoms with Crippen LogP contribution in [0.4, 0.5) is 0 Å². The van der Waals surface area contributed by atoms with Gasteiger partial charge in [0, 0.05) is 5.56 Å². The molecular formula is C28H45NO3. The summed E-state index contributed by atoms with van der Waals surface area (Å²) >= 11 is 0. The largest absolute Gasteiger partial charge is 0.870 e. The van der Waals surface area contributed by atoms with Crippen molar-refractivity contribution >= 4 is 0 Å². The summed E-state index contributed by atoms with van der Waals surface area (Å²) in [5, 5.41) is 0. The number of hydrogen-bond donors (Lipinski definition) is 0. The van der Waals surface area contributed by atoms with Crippen molar-refractivity contribution in [1.29, 1.82) is 0 Å². The van der Waals surface area contributed by atoms with Crippen molar-refractivity contribution in [2.45, 2.75) is 59.9 Å². The molecule has 0 radical (unpaired) electrons. The van der Waals surface area contributed by atoms with Gasteiger partial charge >= 0.3 is 0 Å². The standard InChI is InChI=1S/C28H44NO2.H2O/c1-23-20-25(28(5,6)22-27(2,3)4)14-15-26(23)31-19-18-30-17-16-29(7,8)21-24-12-10-9-11-13-24;/h9-15,20H,16-19,21-22H2,1-8H3;1H2/q+1;/p-1. The minimum atomic E-state index is 0. The van der Waals surface area contributed by atoms with Gasteiger partial charge in [-0.2, -0.15) is 0 Å². The van der Waals surface area contributed by atoms with Crippen LogP contribution in [-0.4, -0.2) is 50.4 Å². The number of benzene rings is 2. The van der Waals surface area contributed by atoms with Crippen molar-refractivity contribution in [3.05, 3.63) is 65.2 Å². The molecule has 4 nitrogen and oxygen atoms in total. The first kappa shape index (κ1) is 28.2. The minimum absolute atomic E-state index is 0. The number of hydrogen-bond acceptors (Lipinski definition) is 3. The first-order valence-corrected chi connectivity index (χ1v) is 11.6. The number of ether oxygens (including phenoxy) is 2. The summed E-state index contributed by atoms with van der Waals surface area (Å²) in [6.45, 7) is 17.6. The van der Waals surface area contributed by atoms with Crippen LogP contribution in [0.3, 0.4) is 0 Å². The molecule has 0 saturated carbocycles. The lowest BCUT2D eigenvalue weighted by molar-refractivity contribution is -0.904. The summed E-state index contributed by atoms with van der Waals surface area (Å²) in [6.07, 6.45) is 1.15. The van der Waals surface area contributed by atoms with E-state index in [0.717, 1.165) is 36.3 Å². The molecule has 0 unspecified atom stereocenters. The molecule has 32 heavy (non-hydrogen) atoms. The lowest BCUT2D eigenvalue weighted by Crippen LogP contribution is -2.41. The van der Waals surface area contributed by atoms with Gasteiger partial charge in [0.05, 0.1) is 27.3 Å². The van der Waals surface area contributed by atoms with E-state index in [1.54, 1.807) is 0 Å². The summed E-state index contributed by atoms with van der Waals surface area (Å²) in [4.78, 5) is 0. The van der Waals surface area contributed by atoms with E-state index in [2.05, 4.69) is 104 Å². The maximum absolute atomic E-state index is 6.00. The molecule has 0 amide bonds. The van der Waals surface area contributed by atoms with Gasteiger partial charge in [0.25, 0.3) is 0 Å². The van der Waals surface area contributed by atoms with Crippen LogP contribution < -0.4 is 4.74 Å². The lowest BCUT2D eigenvalue weighted by Gasteiger charge is -2.33. The van der Waals surface area contributed by atoms with Crippen molar-refractivity contribution in [3.63, 3.8) is 0 Å². The van der Waals surface area contributed by atoms with Crippen LogP contribution >= 0.6 is 0 Å². The molecule has 0 heterocycles. The van der Waals surface area contributed by atoms with E-state index in [0.29, 0.717) is 18.6 Å². The van der Waals surface area contributed by atoms with Gasteiger partial charge in [-0.25, -0.2) is 0 Å². The summed E-state index contributed by atoms with van der Waals surface area (Å²) in [7, 11) is 4.50. The zero-order valence-electron chi connectivity index (χ0n) is 21.6. The number of quaternary nitrogens is 1. The fourth-order valence-electron chi connectivity index (χ4n) is 4.44. The Hall–Kier alpha value is -1.88. The van der Waals surface area contributed by atoms with Gasteiger partial charge in [-0.3, -0.25) is 0 Å². The molecule has 2 rings (SSSR count). The maximum atomic E-state index is 6.00. The van der Waals surface area contributed by atoms with E-state index < -0.39 is 0 Å². The van der Waals surface area contributed by atoms with Crippen LogP contribution in [-0.2, 0) is 16.7 Å². The molecule has 180 valence electrons. The topological polar surface area (TPSA) is 48.5 Å². The van der Waals surface area contributed by atoms with Gasteiger partial charge in [0.1, 0.15) is 25.4 Å². The lowest BCUT2D eigenvalue weighted by atomic mass is 9.72. The van der Waals surface area contributed by atoms with Crippen LogP contribution in [0.15, 0.2) is 48.5 Å². The van der Waals surface area contributed by atoms with Gasteiger partial charge in [-0.05, 0) is 41.4 Å². The van der Waals surface area contributed by atoms with E-state index >= 15 is 0 Å². The Labute approximate surface area is 196 Å². The molecule has 2 aromatic rings. The van der Waals surface area contributed by atoms with Crippen molar-refractivity contribution in [3.8, 4) is 5.75 Å². The van der Waals surface area contributed by atoms with Gasteiger partial charge in [0.2, 0.25) is 0 Å². The fourth-order valence-corrected chi connectivity index (χ4v) is 4.44. The van der Waals surface area contributed by atoms with Crippen LogP contribution in [0, 0.1) is 12.3 Å². The fraction of sp³-hybridized carbons (Fsp3) is 0.571. The molecule has 4 heteroatoms. The number of aryl methyl sites for hydroxylation is 1. The highest BCUT2D eigenvalue weighted by Crippen LogP contribution is 2.37. The van der Waals surface area contributed by atoms with E-state index in [-0.39, 0.29) is 10.9 Å². The second-order valence-electron chi connectivity index (χ2n) is 11.4. The molecule has 0 aliphatic rings. The highest BCUT2D eigenvalue weighted by molar-refractivity contribution is 5.39. The SMILES string of the molecule is Cc1cc(C(C)(C)CC(C)(C)C)ccc1OCCOCC[N+](C)(C)Cc1ccccc1.[OH-]. The Balaban J connectivity index is 0.00000512. The first-order valence-electron chi connectivity index (χ1n) is 11.6. The third-order valence-corrected chi connectivity index (χ3v) is 5.71. The molecule has 0 fully saturated rings. The zero-order valence-corrected chi connectivity index (χ0v) is 21.6. The molecule has 0 atom stereocenters. The predicted octanol–water partition coefficient (Wildman–Crippen LogP) is 6.20. The Morgan fingerprint density at radius 1 is 0.844 bits per heavy atom. The van der Waals surface area contributed by atoms with Crippen LogP contribution in [0.2, 0.25) is 0 Å². The third kappa shape index (κ3) is 9.72. The Morgan fingerprint density at radius 2 is 1.50 bits per heavy atom. The number of likely N-dealkylation sites (N-methyl/N-ethyl adjacent to an activating group) is 1. The van der Waals surface area contributed by atoms with Crippen LogP contribution in [0.5, 0.6) is 5.75 Å². The van der Waals surface area contributed by atoms with Crippen molar-refractivity contribution in [2.75, 3.05) is 40.5 Å². The Bertz CT molecular complexity index is 807. The molecule has 0 aliphatic carbocycles. The van der Waals surface area contributed by atoms with Crippen molar-refractivity contribution < 1.29 is 19.4 Å². The summed E-state index contributed by atoms with van der Waals surface area (Å²) in [5.41, 5.74) is 4.39. The summed E-state index contributed by atoms with van der Waals surface area (Å²) < 4.78 is 12.8. The monoisotopic (exact) mass is 443 g/mol. The molecule has 0 bridgehead atoms. The van der Waals surface area contributed by atoms with Crippen LogP contribution in [0.1, 0.15) is 57.7 Å². The van der Waals surface area contributed by atoms with E-state index in [4.69, 9.17) is 9.47 Å². The predicted molar refractivity (Wildman–Crippen MR) is 134 cm³/mol. The molecule has 1 N–H and O–H groups in total. The minimum Gasteiger partial charge on any atom is -0.870 e. The number of nitrogens with zero attached hydrogens (tertiary/aromatic N) is 1. The molecule has 0 aromatic heterocycles. The van der Waals surface area contributed by atoms with Crippen LogP contribution in [0.25, 0.3) is 0 Å². The summed E-state index contributed by atoms with van der Waals surface area (Å²) in [5.74, 6) is 0.957. The van der Waals surface area contributed by atoms with Gasteiger partial charge in [-0.1, -0.05) is 77.1 Å². The smallest absolute Gasteiger partial charge is 0.122 e. The maximum Gasteiger partial charge on any atom is 0.122 e. The number of rotatable bonds is 11. The van der Waals surface area contributed by atoms with E-state index in [1.165, 1.54) is 16.7 Å². The second kappa shape index (κ2) is 11.8. The Morgan fingerprint density at radius 3 is 2.09 bits per heavy atom. The third-order valence-electron chi connectivity index (χ3n) is 5.71. The Kier molecular flexibility index (Phi) is 10.4. The van der Waals surface area contributed by atoms with Gasteiger partial charge < -0.3 is 19.4 Å². The molecule has 0 spiro atoms.